The third kappa shape index (κ3) is 3.09. The van der Waals surface area contributed by atoms with E-state index in [1.807, 2.05) is 23.1 Å². The standard InChI is InChI=1S/C24H22FN3O2/c25-18-7-5-16(6-8-18)13-27-21-14-28(24(30)17-9-11-26-12-10-17)20-4-2-1-3-19(20)23(21)22(27)15-29/h1-12,21-23,29H,13-15H2/t21-,22+,23+/m1/s1. The number of anilines is 1. The molecule has 2 aliphatic heterocycles. The molecular weight excluding hydrogens is 381 g/mol. The number of amides is 1. The van der Waals surface area contributed by atoms with Crippen LogP contribution in [-0.2, 0) is 6.54 Å². The van der Waals surface area contributed by atoms with E-state index in [1.165, 1.54) is 12.1 Å². The number of carbonyl (C=O) groups is 1. The van der Waals surface area contributed by atoms with Gasteiger partial charge in [-0.15, -0.1) is 0 Å². The summed E-state index contributed by atoms with van der Waals surface area (Å²) in [6, 6.07) is 17.9. The van der Waals surface area contributed by atoms with Gasteiger partial charge in [0.2, 0.25) is 0 Å². The Balaban J connectivity index is 1.48. The Morgan fingerprint density at radius 1 is 1.07 bits per heavy atom. The van der Waals surface area contributed by atoms with Gasteiger partial charge in [0.25, 0.3) is 5.91 Å². The highest BCUT2D eigenvalue weighted by Gasteiger charge is 2.53. The van der Waals surface area contributed by atoms with Crippen LogP contribution >= 0.6 is 0 Å². The first-order valence-electron chi connectivity index (χ1n) is 10.1. The predicted octanol–water partition coefficient (Wildman–Crippen LogP) is 3.21. The van der Waals surface area contributed by atoms with Crippen LogP contribution in [0.2, 0.25) is 0 Å². The Kier molecular flexibility index (Phi) is 4.81. The topological polar surface area (TPSA) is 56.7 Å². The second-order valence-corrected chi connectivity index (χ2v) is 7.85. The normalized spacial score (nSPS) is 22.7. The van der Waals surface area contributed by atoms with Gasteiger partial charge in [-0.2, -0.15) is 0 Å². The number of rotatable bonds is 4. The molecule has 2 aliphatic rings. The van der Waals surface area contributed by atoms with Crippen LogP contribution in [0.15, 0.2) is 73.1 Å². The van der Waals surface area contributed by atoms with Crippen LogP contribution in [0.1, 0.15) is 27.4 Å². The number of likely N-dealkylation sites (tertiary alicyclic amines) is 1. The van der Waals surface area contributed by atoms with Gasteiger partial charge in [0, 0.05) is 54.7 Å². The lowest BCUT2D eigenvalue weighted by molar-refractivity contribution is -0.0488. The molecule has 2 aromatic carbocycles. The molecule has 1 amide bonds. The maximum Gasteiger partial charge on any atom is 0.258 e. The molecule has 3 heterocycles. The van der Waals surface area contributed by atoms with E-state index in [9.17, 15) is 14.3 Å². The van der Waals surface area contributed by atoms with E-state index in [0.29, 0.717) is 18.7 Å². The molecule has 3 aromatic rings. The number of nitrogens with zero attached hydrogens (tertiary/aromatic N) is 3. The van der Waals surface area contributed by atoms with Crippen LogP contribution in [0.3, 0.4) is 0 Å². The van der Waals surface area contributed by atoms with Crippen LogP contribution < -0.4 is 4.90 Å². The zero-order valence-electron chi connectivity index (χ0n) is 16.4. The average Bonchev–Trinajstić information content (AvgIpc) is 2.79. The third-order valence-corrected chi connectivity index (χ3v) is 6.28. The Bertz CT molecular complexity index is 1060. The summed E-state index contributed by atoms with van der Waals surface area (Å²) in [4.78, 5) is 21.3. The van der Waals surface area contributed by atoms with E-state index in [2.05, 4.69) is 16.0 Å². The molecule has 0 unspecified atom stereocenters. The summed E-state index contributed by atoms with van der Waals surface area (Å²) in [6.07, 6.45) is 3.25. The minimum Gasteiger partial charge on any atom is -0.395 e. The Morgan fingerprint density at radius 3 is 2.53 bits per heavy atom. The summed E-state index contributed by atoms with van der Waals surface area (Å²) in [5.74, 6) is -0.162. The van der Waals surface area contributed by atoms with Gasteiger partial charge in [-0.05, 0) is 41.5 Å². The molecule has 0 radical (unpaired) electrons. The first-order chi connectivity index (χ1) is 14.7. The van der Waals surface area contributed by atoms with E-state index in [1.54, 1.807) is 36.7 Å². The molecule has 0 spiro atoms. The van der Waals surface area contributed by atoms with E-state index in [0.717, 1.165) is 16.8 Å². The zero-order chi connectivity index (χ0) is 20.7. The van der Waals surface area contributed by atoms with Crippen LogP contribution in [0.25, 0.3) is 0 Å². The highest BCUT2D eigenvalue weighted by atomic mass is 19.1. The van der Waals surface area contributed by atoms with Crippen LogP contribution in [0.5, 0.6) is 0 Å². The Labute approximate surface area is 174 Å². The van der Waals surface area contributed by atoms with Gasteiger partial charge >= 0.3 is 0 Å². The van der Waals surface area contributed by atoms with E-state index in [4.69, 9.17) is 0 Å². The number of fused-ring (bicyclic) bond motifs is 3. The second-order valence-electron chi connectivity index (χ2n) is 7.85. The lowest BCUT2D eigenvalue weighted by atomic mass is 9.71. The largest absolute Gasteiger partial charge is 0.395 e. The van der Waals surface area contributed by atoms with Crippen molar-refractivity contribution in [3.63, 3.8) is 0 Å². The highest BCUT2D eigenvalue weighted by molar-refractivity contribution is 6.07. The number of pyridine rings is 1. The quantitative estimate of drug-likeness (QED) is 0.727. The number of aromatic nitrogens is 1. The molecule has 0 saturated carbocycles. The average molecular weight is 403 g/mol. The van der Waals surface area contributed by atoms with Crippen molar-refractivity contribution in [3.8, 4) is 0 Å². The molecule has 0 bridgehead atoms. The van der Waals surface area contributed by atoms with Crippen molar-refractivity contribution in [2.45, 2.75) is 24.5 Å². The maximum absolute atomic E-state index is 13.3. The van der Waals surface area contributed by atoms with Gasteiger partial charge in [0.1, 0.15) is 5.82 Å². The number of carbonyl (C=O) groups excluding carboxylic acids is 1. The zero-order valence-corrected chi connectivity index (χ0v) is 16.4. The number of halogens is 1. The molecule has 1 fully saturated rings. The number of aliphatic hydroxyl groups is 1. The lowest BCUT2D eigenvalue weighted by Crippen LogP contribution is -2.68. The molecule has 5 rings (SSSR count). The van der Waals surface area contributed by atoms with Crippen LogP contribution in [0.4, 0.5) is 10.1 Å². The first-order valence-corrected chi connectivity index (χ1v) is 10.1. The second kappa shape index (κ2) is 7.63. The van der Waals surface area contributed by atoms with Crippen molar-refractivity contribution in [3.05, 3.63) is 95.6 Å². The van der Waals surface area contributed by atoms with Crippen molar-refractivity contribution in [1.29, 1.82) is 0 Å². The molecule has 1 N–H and O–H groups in total. The lowest BCUT2D eigenvalue weighted by Gasteiger charge is -2.59. The SMILES string of the molecule is O=C(c1ccncc1)N1C[C@@H]2[C@H](c3ccccc31)[C@H](CO)N2Cc1ccc(F)cc1. The van der Waals surface area contributed by atoms with Crippen molar-refractivity contribution in [2.24, 2.45) is 0 Å². The van der Waals surface area contributed by atoms with E-state index >= 15 is 0 Å². The number of para-hydroxylation sites is 1. The third-order valence-electron chi connectivity index (χ3n) is 6.28. The maximum atomic E-state index is 13.3. The van der Waals surface area contributed by atoms with Crippen LogP contribution in [0, 0.1) is 5.82 Å². The molecule has 152 valence electrons. The van der Waals surface area contributed by atoms with E-state index < -0.39 is 0 Å². The minimum atomic E-state index is -0.264. The van der Waals surface area contributed by atoms with Crippen molar-refractivity contribution >= 4 is 11.6 Å². The summed E-state index contributed by atoms with van der Waals surface area (Å²) in [6.45, 7) is 1.18. The number of hydrogen-bond donors (Lipinski definition) is 1. The summed E-state index contributed by atoms with van der Waals surface area (Å²) in [5, 5.41) is 10.1. The summed E-state index contributed by atoms with van der Waals surface area (Å²) in [7, 11) is 0. The fourth-order valence-corrected chi connectivity index (χ4v) is 4.84. The van der Waals surface area contributed by atoms with Gasteiger partial charge in [-0.1, -0.05) is 30.3 Å². The Hall–Kier alpha value is -3.09. The molecule has 6 heteroatoms. The van der Waals surface area contributed by atoms with Crippen molar-refractivity contribution < 1.29 is 14.3 Å². The predicted molar refractivity (Wildman–Crippen MR) is 112 cm³/mol. The van der Waals surface area contributed by atoms with Crippen molar-refractivity contribution in [2.75, 3.05) is 18.1 Å². The van der Waals surface area contributed by atoms with Crippen molar-refractivity contribution in [1.82, 2.24) is 9.88 Å². The molecule has 30 heavy (non-hydrogen) atoms. The number of aliphatic hydroxyl groups excluding tert-OH is 1. The molecule has 1 saturated heterocycles. The van der Waals surface area contributed by atoms with Crippen LogP contribution in [-0.4, -0.2) is 46.1 Å². The fourth-order valence-electron chi connectivity index (χ4n) is 4.84. The number of hydrogen-bond acceptors (Lipinski definition) is 4. The van der Waals surface area contributed by atoms with Gasteiger partial charge in [-0.25, -0.2) is 4.39 Å². The Morgan fingerprint density at radius 2 is 1.80 bits per heavy atom. The van der Waals surface area contributed by atoms with Gasteiger partial charge in [0.05, 0.1) is 6.61 Å². The monoisotopic (exact) mass is 403 g/mol. The summed E-state index contributed by atoms with van der Waals surface area (Å²) >= 11 is 0. The van der Waals surface area contributed by atoms with E-state index in [-0.39, 0.29) is 36.3 Å². The fraction of sp³-hybridized carbons (Fsp3) is 0.250. The van der Waals surface area contributed by atoms with Gasteiger partial charge in [-0.3, -0.25) is 14.7 Å². The molecule has 5 nitrogen and oxygen atoms in total. The molecular formula is C24H22FN3O2. The minimum absolute atomic E-state index is 0.0284. The van der Waals surface area contributed by atoms with Gasteiger partial charge < -0.3 is 10.0 Å². The molecule has 3 atom stereocenters. The smallest absolute Gasteiger partial charge is 0.258 e. The molecule has 0 aliphatic carbocycles. The van der Waals surface area contributed by atoms with Gasteiger partial charge in [0.15, 0.2) is 0 Å². The molecule has 1 aromatic heterocycles. The summed E-state index contributed by atoms with van der Waals surface area (Å²) in [5.41, 5.74) is 3.58. The summed E-state index contributed by atoms with van der Waals surface area (Å²) < 4.78 is 13.3. The first kappa shape index (κ1) is 18.9. The number of benzene rings is 2. The highest BCUT2D eigenvalue weighted by Crippen LogP contribution is 2.48.